The van der Waals surface area contributed by atoms with E-state index in [9.17, 15) is 20.1 Å². The molecular formula is C20H29NO4. The van der Waals surface area contributed by atoms with Gasteiger partial charge in [-0.3, -0.25) is 4.79 Å². The standard InChI is InChI=1S/C20H29NO4/c1-9-7-19-10(2)5-13-14(18(13,3)4)12(17(19)24)6-11(8-22)16(23)20(19,25)15(9)21/h6-7,10,12-16,22-23,25H,5,8,21H2,1-4H3/t10-,12+,13-,14+,15+,16-,19+,20-/m1/s1. The largest absolute Gasteiger partial charge is 0.392 e. The lowest BCUT2D eigenvalue weighted by Gasteiger charge is -2.48. The molecule has 0 aromatic carbocycles. The lowest BCUT2D eigenvalue weighted by molar-refractivity contribution is -0.168. The summed E-state index contributed by atoms with van der Waals surface area (Å²) in [5.41, 5.74) is 4.41. The molecule has 5 N–H and O–H groups in total. The summed E-state index contributed by atoms with van der Waals surface area (Å²) in [6, 6.07) is -0.829. The predicted octanol–water partition coefficient (Wildman–Crippen LogP) is 0.782. The van der Waals surface area contributed by atoms with Crippen molar-refractivity contribution in [3.63, 3.8) is 0 Å². The molecule has 0 unspecified atom stereocenters. The molecule has 1 spiro atoms. The Morgan fingerprint density at radius 3 is 2.60 bits per heavy atom. The van der Waals surface area contributed by atoms with Gasteiger partial charge in [0.2, 0.25) is 0 Å². The number of nitrogens with two attached hydrogens (primary N) is 1. The van der Waals surface area contributed by atoms with Gasteiger partial charge in [-0.2, -0.15) is 0 Å². The summed E-state index contributed by atoms with van der Waals surface area (Å²) in [6.07, 6.45) is 3.03. The highest BCUT2D eigenvalue weighted by molar-refractivity contribution is 5.95. The monoisotopic (exact) mass is 347 g/mol. The van der Waals surface area contributed by atoms with Gasteiger partial charge in [-0.25, -0.2) is 0 Å². The molecule has 0 heterocycles. The Morgan fingerprint density at radius 2 is 2.00 bits per heavy atom. The molecule has 4 aliphatic carbocycles. The number of allylic oxidation sites excluding steroid dienone is 1. The zero-order chi connectivity index (χ0) is 18.5. The third-order valence-electron chi connectivity index (χ3n) is 8.05. The molecule has 4 rings (SSSR count). The summed E-state index contributed by atoms with van der Waals surface area (Å²) in [7, 11) is 0. The van der Waals surface area contributed by atoms with Gasteiger partial charge in [0.1, 0.15) is 11.7 Å². The van der Waals surface area contributed by atoms with Crippen LogP contribution in [0.4, 0.5) is 0 Å². The molecule has 0 radical (unpaired) electrons. The van der Waals surface area contributed by atoms with Gasteiger partial charge < -0.3 is 21.1 Å². The number of rotatable bonds is 1. The summed E-state index contributed by atoms with van der Waals surface area (Å²) >= 11 is 0. The van der Waals surface area contributed by atoms with E-state index in [4.69, 9.17) is 5.73 Å². The molecule has 2 saturated carbocycles. The Kier molecular flexibility index (Phi) is 3.36. The summed E-state index contributed by atoms with van der Waals surface area (Å²) in [5.74, 6) is 0.00913. The van der Waals surface area contributed by atoms with Crippen LogP contribution in [0.1, 0.15) is 34.1 Å². The number of carbonyl (C=O) groups excluding carboxylic acids is 1. The minimum absolute atomic E-state index is 0.0459. The van der Waals surface area contributed by atoms with Gasteiger partial charge >= 0.3 is 0 Å². The maximum absolute atomic E-state index is 13.8. The smallest absolute Gasteiger partial charge is 0.153 e. The zero-order valence-electron chi connectivity index (χ0n) is 15.4. The van der Waals surface area contributed by atoms with Crippen LogP contribution in [0.15, 0.2) is 23.3 Å². The highest BCUT2D eigenvalue weighted by Crippen LogP contribution is 2.71. The number of hydrogen-bond acceptors (Lipinski definition) is 5. The number of carbonyl (C=O) groups is 1. The van der Waals surface area contributed by atoms with Crippen LogP contribution in [-0.4, -0.2) is 45.5 Å². The number of fused-ring (bicyclic) bond motifs is 3. The summed E-state index contributed by atoms with van der Waals surface area (Å²) < 4.78 is 0. The molecule has 0 aliphatic heterocycles. The van der Waals surface area contributed by atoms with Gasteiger partial charge in [-0.15, -0.1) is 0 Å². The Labute approximate surface area is 148 Å². The van der Waals surface area contributed by atoms with Crippen molar-refractivity contribution >= 4 is 5.78 Å². The second-order valence-electron chi connectivity index (χ2n) is 9.34. The second-order valence-corrected chi connectivity index (χ2v) is 9.34. The number of Topliss-reactive ketones (excluding diaryl/α,β-unsaturated/α-hetero) is 1. The van der Waals surface area contributed by atoms with Gasteiger partial charge in [0.05, 0.1) is 18.1 Å². The molecule has 0 aromatic rings. The van der Waals surface area contributed by atoms with Crippen LogP contribution in [0.3, 0.4) is 0 Å². The minimum atomic E-state index is -1.81. The van der Waals surface area contributed by atoms with Crippen LogP contribution in [0.2, 0.25) is 0 Å². The topological polar surface area (TPSA) is 104 Å². The van der Waals surface area contributed by atoms with E-state index < -0.39 is 29.1 Å². The van der Waals surface area contributed by atoms with Gasteiger partial charge in [-0.05, 0) is 42.1 Å². The molecule has 2 bridgehead atoms. The van der Waals surface area contributed by atoms with Gasteiger partial charge in [0.15, 0.2) is 5.78 Å². The third kappa shape index (κ3) is 1.71. The Hall–Kier alpha value is -1.01. The molecule has 2 fully saturated rings. The van der Waals surface area contributed by atoms with Crippen molar-refractivity contribution in [1.82, 2.24) is 0 Å². The van der Waals surface area contributed by atoms with Gasteiger partial charge in [0, 0.05) is 5.92 Å². The molecule has 25 heavy (non-hydrogen) atoms. The summed E-state index contributed by atoms with van der Waals surface area (Å²) in [5, 5.41) is 32.6. The lowest BCUT2D eigenvalue weighted by atomic mass is 9.58. The van der Waals surface area contributed by atoms with Crippen molar-refractivity contribution in [1.29, 1.82) is 0 Å². The van der Waals surface area contributed by atoms with Crippen molar-refractivity contribution in [3.05, 3.63) is 23.3 Å². The number of aliphatic hydroxyl groups excluding tert-OH is 2. The first-order valence-corrected chi connectivity index (χ1v) is 9.26. The lowest BCUT2D eigenvalue weighted by Crippen LogP contribution is -2.67. The number of hydrogen-bond donors (Lipinski definition) is 4. The Morgan fingerprint density at radius 1 is 1.36 bits per heavy atom. The molecule has 8 atom stereocenters. The minimum Gasteiger partial charge on any atom is -0.392 e. The van der Waals surface area contributed by atoms with E-state index in [0.717, 1.165) is 12.0 Å². The van der Waals surface area contributed by atoms with E-state index >= 15 is 0 Å². The van der Waals surface area contributed by atoms with E-state index in [1.54, 1.807) is 6.08 Å². The Balaban J connectivity index is 1.99. The maximum Gasteiger partial charge on any atom is 0.153 e. The number of aliphatic hydroxyl groups is 3. The summed E-state index contributed by atoms with van der Waals surface area (Å²) in [4.78, 5) is 13.8. The zero-order valence-corrected chi connectivity index (χ0v) is 15.4. The predicted molar refractivity (Wildman–Crippen MR) is 93.3 cm³/mol. The van der Waals surface area contributed by atoms with Crippen LogP contribution in [0, 0.1) is 34.5 Å². The summed E-state index contributed by atoms with van der Waals surface area (Å²) in [6.45, 7) is 7.78. The normalized spacial score (nSPS) is 53.2. The molecule has 0 saturated heterocycles. The van der Waals surface area contributed by atoms with Gasteiger partial charge in [0.25, 0.3) is 0 Å². The van der Waals surface area contributed by atoms with E-state index in [-0.39, 0.29) is 29.6 Å². The van der Waals surface area contributed by atoms with Crippen LogP contribution < -0.4 is 5.73 Å². The molecular weight excluding hydrogens is 318 g/mol. The molecule has 0 amide bonds. The van der Waals surface area contributed by atoms with Crippen LogP contribution >= 0.6 is 0 Å². The highest BCUT2D eigenvalue weighted by Gasteiger charge is 2.75. The SMILES string of the molecule is CC1=C[C@]23C(=O)[C@@H](C=C(CO)[C@@H](O)[C@]2(O)[C@H]1N)[C@H]1[C@@H](C[C@H]3C)C1(C)C. The van der Waals surface area contributed by atoms with Crippen molar-refractivity contribution in [2.75, 3.05) is 6.61 Å². The fourth-order valence-electron chi connectivity index (χ4n) is 6.49. The molecule has 0 aromatic heterocycles. The van der Waals surface area contributed by atoms with Crippen LogP contribution in [-0.2, 0) is 4.79 Å². The molecule has 4 aliphatic rings. The fraction of sp³-hybridized carbons (Fsp3) is 0.750. The van der Waals surface area contributed by atoms with Crippen LogP contribution in [0.25, 0.3) is 0 Å². The molecule has 5 heteroatoms. The third-order valence-corrected chi connectivity index (χ3v) is 8.05. The van der Waals surface area contributed by atoms with E-state index in [0.29, 0.717) is 11.5 Å². The molecule has 5 nitrogen and oxygen atoms in total. The first-order chi connectivity index (χ1) is 11.5. The highest BCUT2D eigenvalue weighted by atomic mass is 16.3. The quantitative estimate of drug-likeness (QED) is 0.525. The maximum atomic E-state index is 13.8. The fourth-order valence-corrected chi connectivity index (χ4v) is 6.49. The van der Waals surface area contributed by atoms with Crippen LogP contribution in [0.5, 0.6) is 0 Å². The second kappa shape index (κ2) is 4.83. The van der Waals surface area contributed by atoms with Crippen molar-refractivity contribution < 1.29 is 20.1 Å². The average Bonchev–Trinajstić information content (AvgIpc) is 3.05. The van der Waals surface area contributed by atoms with Crippen molar-refractivity contribution in [2.45, 2.75) is 51.9 Å². The number of ketones is 1. The van der Waals surface area contributed by atoms with Crippen molar-refractivity contribution in [2.24, 2.45) is 40.2 Å². The van der Waals surface area contributed by atoms with E-state index in [1.165, 1.54) is 0 Å². The molecule has 138 valence electrons. The first-order valence-electron chi connectivity index (χ1n) is 9.26. The van der Waals surface area contributed by atoms with E-state index in [1.807, 2.05) is 19.9 Å². The Bertz CT molecular complexity index is 710. The van der Waals surface area contributed by atoms with Crippen molar-refractivity contribution in [3.8, 4) is 0 Å². The van der Waals surface area contributed by atoms with Gasteiger partial charge in [-0.1, -0.05) is 38.5 Å². The average molecular weight is 347 g/mol. The first kappa shape index (κ1) is 17.4. The van der Waals surface area contributed by atoms with E-state index in [2.05, 4.69) is 13.8 Å².